The minimum atomic E-state index is -1.70. The summed E-state index contributed by atoms with van der Waals surface area (Å²) in [5.74, 6) is -0.390. The van der Waals surface area contributed by atoms with Gasteiger partial charge in [0, 0.05) is 29.5 Å². The van der Waals surface area contributed by atoms with E-state index >= 15 is 0 Å². The van der Waals surface area contributed by atoms with Crippen LogP contribution < -0.4 is 10.2 Å². The number of hydrogen-bond acceptors (Lipinski definition) is 4. The molecular weight excluding hydrogens is 248 g/mol. The van der Waals surface area contributed by atoms with Gasteiger partial charge in [0.05, 0.1) is 0 Å². The quantitative estimate of drug-likeness (QED) is 0.798. The number of hydrogen-bond donors (Lipinski definition) is 2. The van der Waals surface area contributed by atoms with Crippen LogP contribution in [0.4, 0.5) is 4.39 Å². The standard InChI is InChI=1S/C13H13BFNO3/c1-9-4-10(7-16-6-9)8-19-13-5-11(15)2-3-12(13)14(17)18/h2-7,17-18H,8H2,1H3. The summed E-state index contributed by atoms with van der Waals surface area (Å²) in [7, 11) is -1.70. The van der Waals surface area contributed by atoms with E-state index in [-0.39, 0.29) is 17.8 Å². The van der Waals surface area contributed by atoms with Crippen molar-refractivity contribution in [2.45, 2.75) is 13.5 Å². The van der Waals surface area contributed by atoms with Gasteiger partial charge >= 0.3 is 7.12 Å². The average Bonchev–Trinajstić information content (AvgIpc) is 2.36. The van der Waals surface area contributed by atoms with Gasteiger partial charge in [-0.2, -0.15) is 0 Å². The fourth-order valence-corrected chi connectivity index (χ4v) is 1.70. The summed E-state index contributed by atoms with van der Waals surface area (Å²) in [5.41, 5.74) is 1.94. The molecule has 1 aromatic heterocycles. The maximum Gasteiger partial charge on any atom is 0.492 e. The minimum Gasteiger partial charge on any atom is -0.489 e. The van der Waals surface area contributed by atoms with Crippen LogP contribution in [0, 0.1) is 12.7 Å². The van der Waals surface area contributed by atoms with Crippen molar-refractivity contribution in [1.29, 1.82) is 0 Å². The lowest BCUT2D eigenvalue weighted by Crippen LogP contribution is -2.31. The van der Waals surface area contributed by atoms with Crippen LogP contribution in [0.3, 0.4) is 0 Å². The molecule has 19 heavy (non-hydrogen) atoms. The first-order chi connectivity index (χ1) is 9.06. The zero-order chi connectivity index (χ0) is 13.8. The largest absolute Gasteiger partial charge is 0.492 e. The molecular formula is C13H13BFNO3. The maximum atomic E-state index is 13.1. The van der Waals surface area contributed by atoms with Crippen LogP contribution in [-0.2, 0) is 6.61 Å². The molecule has 0 saturated heterocycles. The Morgan fingerprint density at radius 1 is 1.26 bits per heavy atom. The number of halogens is 1. The Morgan fingerprint density at radius 3 is 2.74 bits per heavy atom. The Morgan fingerprint density at radius 2 is 2.05 bits per heavy atom. The molecule has 4 nitrogen and oxygen atoms in total. The summed E-state index contributed by atoms with van der Waals surface area (Å²) in [6, 6.07) is 5.44. The SMILES string of the molecule is Cc1cncc(COc2cc(F)ccc2B(O)O)c1. The lowest BCUT2D eigenvalue weighted by molar-refractivity contribution is 0.304. The highest BCUT2D eigenvalue weighted by Crippen LogP contribution is 2.13. The second-order valence-electron chi connectivity index (χ2n) is 4.22. The average molecular weight is 261 g/mol. The summed E-state index contributed by atoms with van der Waals surface area (Å²) in [5, 5.41) is 18.4. The molecule has 0 unspecified atom stereocenters. The van der Waals surface area contributed by atoms with Gasteiger partial charge in [-0.15, -0.1) is 0 Å². The first-order valence-corrected chi connectivity index (χ1v) is 5.75. The molecule has 2 aromatic rings. The van der Waals surface area contributed by atoms with Crippen LogP contribution in [0.2, 0.25) is 0 Å². The molecule has 1 aromatic carbocycles. The molecule has 0 amide bonds. The molecule has 0 radical (unpaired) electrons. The van der Waals surface area contributed by atoms with E-state index in [2.05, 4.69) is 4.98 Å². The van der Waals surface area contributed by atoms with E-state index in [0.29, 0.717) is 0 Å². The molecule has 0 aliphatic carbocycles. The predicted molar refractivity (Wildman–Crippen MR) is 69.5 cm³/mol. The number of pyridine rings is 1. The third-order valence-corrected chi connectivity index (χ3v) is 2.58. The lowest BCUT2D eigenvalue weighted by atomic mass is 9.79. The molecule has 1 heterocycles. The first-order valence-electron chi connectivity index (χ1n) is 5.75. The Balaban J connectivity index is 2.17. The van der Waals surface area contributed by atoms with Crippen LogP contribution in [-0.4, -0.2) is 22.2 Å². The maximum absolute atomic E-state index is 13.1. The Labute approximate surface area is 110 Å². The van der Waals surface area contributed by atoms with E-state index in [0.717, 1.165) is 23.3 Å². The number of aryl methyl sites for hydroxylation is 1. The Kier molecular flexibility index (Phi) is 4.14. The molecule has 6 heteroatoms. The van der Waals surface area contributed by atoms with E-state index in [4.69, 9.17) is 4.74 Å². The second kappa shape index (κ2) is 5.82. The Hall–Kier alpha value is -1.92. The van der Waals surface area contributed by atoms with E-state index in [1.54, 1.807) is 12.4 Å². The van der Waals surface area contributed by atoms with Crippen LogP contribution in [0.15, 0.2) is 36.7 Å². The summed E-state index contributed by atoms with van der Waals surface area (Å²) < 4.78 is 18.6. The summed E-state index contributed by atoms with van der Waals surface area (Å²) in [4.78, 5) is 4.02. The summed E-state index contributed by atoms with van der Waals surface area (Å²) in [6.45, 7) is 2.08. The zero-order valence-corrected chi connectivity index (χ0v) is 10.4. The van der Waals surface area contributed by atoms with Crippen molar-refractivity contribution in [3.05, 3.63) is 53.6 Å². The van der Waals surface area contributed by atoms with Crippen molar-refractivity contribution in [2.24, 2.45) is 0 Å². The third kappa shape index (κ3) is 3.53. The van der Waals surface area contributed by atoms with E-state index < -0.39 is 12.9 Å². The minimum absolute atomic E-state index is 0.108. The van der Waals surface area contributed by atoms with Gasteiger partial charge in [-0.1, -0.05) is 6.07 Å². The number of benzene rings is 1. The molecule has 0 aliphatic heterocycles. The summed E-state index contributed by atoms with van der Waals surface area (Å²) in [6.07, 6.45) is 3.36. The van der Waals surface area contributed by atoms with Crippen molar-refractivity contribution in [3.63, 3.8) is 0 Å². The van der Waals surface area contributed by atoms with Crippen molar-refractivity contribution < 1.29 is 19.2 Å². The van der Waals surface area contributed by atoms with Crippen LogP contribution in [0.5, 0.6) is 5.75 Å². The van der Waals surface area contributed by atoms with Gasteiger partial charge in [0.25, 0.3) is 0 Å². The van der Waals surface area contributed by atoms with Crippen molar-refractivity contribution in [2.75, 3.05) is 0 Å². The molecule has 2 rings (SSSR count). The number of nitrogens with zero attached hydrogens (tertiary/aromatic N) is 1. The van der Waals surface area contributed by atoms with Crippen LogP contribution in [0.25, 0.3) is 0 Å². The number of aromatic nitrogens is 1. The van der Waals surface area contributed by atoms with Gasteiger partial charge in [0.1, 0.15) is 18.2 Å². The topological polar surface area (TPSA) is 62.6 Å². The van der Waals surface area contributed by atoms with Crippen molar-refractivity contribution >= 4 is 12.6 Å². The van der Waals surface area contributed by atoms with E-state index in [1.807, 2.05) is 13.0 Å². The van der Waals surface area contributed by atoms with E-state index in [1.165, 1.54) is 6.07 Å². The normalized spacial score (nSPS) is 10.3. The van der Waals surface area contributed by atoms with Gasteiger partial charge in [-0.25, -0.2) is 4.39 Å². The molecule has 2 N–H and O–H groups in total. The van der Waals surface area contributed by atoms with E-state index in [9.17, 15) is 14.4 Å². The van der Waals surface area contributed by atoms with Crippen LogP contribution in [0.1, 0.15) is 11.1 Å². The molecule has 0 saturated carbocycles. The van der Waals surface area contributed by atoms with Crippen molar-refractivity contribution in [1.82, 2.24) is 4.98 Å². The zero-order valence-electron chi connectivity index (χ0n) is 10.4. The van der Waals surface area contributed by atoms with Gasteiger partial charge < -0.3 is 14.8 Å². The second-order valence-corrected chi connectivity index (χ2v) is 4.22. The fourth-order valence-electron chi connectivity index (χ4n) is 1.70. The highest BCUT2D eigenvalue weighted by Gasteiger charge is 2.17. The van der Waals surface area contributed by atoms with Gasteiger partial charge in [0.15, 0.2) is 0 Å². The first kappa shape index (κ1) is 13.5. The van der Waals surface area contributed by atoms with Gasteiger partial charge in [-0.05, 0) is 24.6 Å². The van der Waals surface area contributed by atoms with Gasteiger partial charge in [0.2, 0.25) is 0 Å². The molecule has 0 aliphatic rings. The lowest BCUT2D eigenvalue weighted by Gasteiger charge is -2.11. The molecule has 0 atom stereocenters. The molecule has 98 valence electrons. The Bertz CT molecular complexity index is 578. The number of rotatable bonds is 4. The van der Waals surface area contributed by atoms with Crippen LogP contribution >= 0.6 is 0 Å². The van der Waals surface area contributed by atoms with Crippen molar-refractivity contribution in [3.8, 4) is 5.75 Å². The molecule has 0 bridgehead atoms. The number of ether oxygens (including phenoxy) is 1. The smallest absolute Gasteiger partial charge is 0.489 e. The molecule has 0 fully saturated rings. The predicted octanol–water partition coefficient (Wildman–Crippen LogP) is 0.788. The van der Waals surface area contributed by atoms with Gasteiger partial charge in [-0.3, -0.25) is 4.98 Å². The molecule has 0 spiro atoms. The highest BCUT2D eigenvalue weighted by molar-refractivity contribution is 6.59. The third-order valence-electron chi connectivity index (χ3n) is 2.58. The highest BCUT2D eigenvalue weighted by atomic mass is 19.1. The summed E-state index contributed by atoms with van der Waals surface area (Å²) >= 11 is 0. The monoisotopic (exact) mass is 261 g/mol. The fraction of sp³-hybridized carbons (Fsp3) is 0.154.